The van der Waals surface area contributed by atoms with Gasteiger partial charge in [-0.05, 0) is 44.0 Å². The first-order valence-corrected chi connectivity index (χ1v) is 8.71. The minimum Gasteiger partial charge on any atom is -0.378 e. The molecule has 0 radical (unpaired) electrons. The van der Waals surface area contributed by atoms with Crippen LogP contribution in [0.25, 0.3) is 0 Å². The Morgan fingerprint density at radius 2 is 1.96 bits per heavy atom. The maximum Gasteiger partial charge on any atom is 0.253 e. The van der Waals surface area contributed by atoms with Gasteiger partial charge in [0.05, 0.1) is 24.8 Å². The largest absolute Gasteiger partial charge is 0.378 e. The number of carbonyl (C=O) groups excluding carboxylic acids is 1. The van der Waals surface area contributed by atoms with Gasteiger partial charge in [0.25, 0.3) is 5.91 Å². The van der Waals surface area contributed by atoms with Crippen molar-refractivity contribution in [1.29, 1.82) is 0 Å². The molecule has 0 unspecified atom stereocenters. The third kappa shape index (κ3) is 4.17. The summed E-state index contributed by atoms with van der Waals surface area (Å²) in [5.41, 5.74) is 4.10. The molecule has 1 saturated heterocycles. The average Bonchev–Trinajstić information content (AvgIpc) is 2.64. The molecule has 1 aliphatic heterocycles. The minimum atomic E-state index is -0.102. The number of ether oxygens (including phenoxy) is 1. The molecule has 132 valence electrons. The lowest BCUT2D eigenvalue weighted by molar-refractivity contribution is 0.0939. The molecule has 5 nitrogen and oxygen atoms in total. The zero-order valence-electron chi connectivity index (χ0n) is 15.1. The average molecular weight is 339 g/mol. The lowest BCUT2D eigenvalue weighted by Crippen LogP contribution is -2.36. The van der Waals surface area contributed by atoms with E-state index in [0.717, 1.165) is 37.7 Å². The Morgan fingerprint density at radius 1 is 1.20 bits per heavy atom. The van der Waals surface area contributed by atoms with Crippen molar-refractivity contribution in [2.75, 3.05) is 31.2 Å². The van der Waals surface area contributed by atoms with E-state index in [1.807, 2.05) is 19.1 Å². The van der Waals surface area contributed by atoms with Crippen molar-refractivity contribution in [2.45, 2.75) is 26.8 Å². The number of hydrogen-bond acceptors (Lipinski definition) is 4. The summed E-state index contributed by atoms with van der Waals surface area (Å²) in [5, 5.41) is 3.07. The number of aromatic nitrogens is 1. The second kappa shape index (κ2) is 7.66. The SMILES string of the molecule is Cc1ccc(C)c([C@H](C)NC(=O)c2ccc(N3CCOCC3)nc2)c1. The molecule has 1 aliphatic rings. The Bertz CT molecular complexity index is 737. The van der Waals surface area contributed by atoms with Crippen LogP contribution in [0.15, 0.2) is 36.5 Å². The molecule has 3 rings (SSSR count). The fourth-order valence-electron chi connectivity index (χ4n) is 3.08. The molecule has 5 heteroatoms. The molecule has 0 bridgehead atoms. The standard InChI is InChI=1S/C20H25N3O2/c1-14-4-5-15(2)18(12-14)16(3)22-20(24)17-6-7-19(21-13-17)23-8-10-25-11-9-23/h4-7,12-13,16H,8-11H2,1-3H3,(H,22,24)/t16-/m0/s1. The van der Waals surface area contributed by atoms with Crippen molar-refractivity contribution in [2.24, 2.45) is 0 Å². The van der Waals surface area contributed by atoms with Crippen molar-refractivity contribution >= 4 is 11.7 Å². The van der Waals surface area contributed by atoms with Crippen LogP contribution in [0.4, 0.5) is 5.82 Å². The smallest absolute Gasteiger partial charge is 0.253 e. The van der Waals surface area contributed by atoms with E-state index >= 15 is 0 Å². The minimum absolute atomic E-state index is 0.0497. The summed E-state index contributed by atoms with van der Waals surface area (Å²) in [6.07, 6.45) is 1.65. The number of nitrogens with one attached hydrogen (secondary N) is 1. The molecule has 2 aromatic rings. The molecular weight excluding hydrogens is 314 g/mol. The molecule has 0 aliphatic carbocycles. The van der Waals surface area contributed by atoms with E-state index in [2.05, 4.69) is 47.2 Å². The second-order valence-electron chi connectivity index (χ2n) is 6.56. The summed E-state index contributed by atoms with van der Waals surface area (Å²) in [6.45, 7) is 9.25. The number of hydrogen-bond donors (Lipinski definition) is 1. The van der Waals surface area contributed by atoms with Gasteiger partial charge < -0.3 is 15.0 Å². The Balaban J connectivity index is 1.67. The van der Waals surface area contributed by atoms with Crippen molar-refractivity contribution in [3.63, 3.8) is 0 Å². The third-order valence-corrected chi connectivity index (χ3v) is 4.59. The predicted octanol–water partition coefficient (Wildman–Crippen LogP) is 3.03. The maximum absolute atomic E-state index is 12.5. The first-order valence-electron chi connectivity index (χ1n) is 8.71. The highest BCUT2D eigenvalue weighted by Crippen LogP contribution is 2.20. The molecule has 1 aromatic carbocycles. The Hall–Kier alpha value is -2.40. The number of morpholine rings is 1. The molecule has 0 saturated carbocycles. The van der Waals surface area contributed by atoms with Crippen LogP contribution in [0.2, 0.25) is 0 Å². The van der Waals surface area contributed by atoms with Gasteiger partial charge >= 0.3 is 0 Å². The highest BCUT2D eigenvalue weighted by molar-refractivity contribution is 5.94. The van der Waals surface area contributed by atoms with Gasteiger partial charge in [-0.1, -0.05) is 23.8 Å². The zero-order valence-corrected chi connectivity index (χ0v) is 15.1. The van der Waals surface area contributed by atoms with Gasteiger partial charge in [0.1, 0.15) is 5.82 Å². The number of amides is 1. The van der Waals surface area contributed by atoms with Gasteiger partial charge in [-0.2, -0.15) is 0 Å². The number of pyridine rings is 1. The van der Waals surface area contributed by atoms with E-state index in [9.17, 15) is 4.79 Å². The fraction of sp³-hybridized carbons (Fsp3) is 0.400. The Kier molecular flexibility index (Phi) is 5.34. The molecule has 1 aromatic heterocycles. The van der Waals surface area contributed by atoms with E-state index in [4.69, 9.17) is 4.74 Å². The molecule has 1 N–H and O–H groups in total. The Labute approximate surface area is 149 Å². The molecule has 1 atom stereocenters. The van der Waals surface area contributed by atoms with E-state index in [-0.39, 0.29) is 11.9 Å². The Morgan fingerprint density at radius 3 is 2.64 bits per heavy atom. The molecule has 0 spiro atoms. The molecule has 2 heterocycles. The van der Waals surface area contributed by atoms with Gasteiger partial charge in [0, 0.05) is 19.3 Å². The second-order valence-corrected chi connectivity index (χ2v) is 6.56. The van der Waals surface area contributed by atoms with E-state index in [1.54, 1.807) is 6.20 Å². The number of aryl methyl sites for hydroxylation is 2. The number of nitrogens with zero attached hydrogens (tertiary/aromatic N) is 2. The number of benzene rings is 1. The van der Waals surface area contributed by atoms with Crippen molar-refractivity contribution in [3.05, 3.63) is 58.8 Å². The van der Waals surface area contributed by atoms with Crippen molar-refractivity contribution < 1.29 is 9.53 Å². The van der Waals surface area contributed by atoms with E-state index < -0.39 is 0 Å². The lowest BCUT2D eigenvalue weighted by Gasteiger charge is -2.27. The molecular formula is C20H25N3O2. The summed E-state index contributed by atoms with van der Waals surface area (Å²) in [4.78, 5) is 19.1. The highest BCUT2D eigenvalue weighted by Gasteiger charge is 2.16. The van der Waals surface area contributed by atoms with Crippen LogP contribution in [0.1, 0.15) is 40.0 Å². The maximum atomic E-state index is 12.5. The third-order valence-electron chi connectivity index (χ3n) is 4.59. The van der Waals surface area contributed by atoms with Gasteiger partial charge in [-0.25, -0.2) is 4.98 Å². The normalized spacial score (nSPS) is 15.7. The predicted molar refractivity (Wildman–Crippen MR) is 99.1 cm³/mol. The molecule has 1 fully saturated rings. The van der Waals surface area contributed by atoms with Crippen LogP contribution in [0.5, 0.6) is 0 Å². The van der Waals surface area contributed by atoms with E-state index in [0.29, 0.717) is 5.56 Å². The van der Waals surface area contributed by atoms with Crippen LogP contribution in [-0.2, 0) is 4.74 Å². The van der Waals surface area contributed by atoms with Crippen LogP contribution >= 0.6 is 0 Å². The van der Waals surface area contributed by atoms with E-state index in [1.165, 1.54) is 11.1 Å². The van der Waals surface area contributed by atoms with Crippen LogP contribution < -0.4 is 10.2 Å². The number of anilines is 1. The summed E-state index contributed by atoms with van der Waals surface area (Å²) < 4.78 is 5.35. The van der Waals surface area contributed by atoms with Crippen molar-refractivity contribution in [1.82, 2.24) is 10.3 Å². The fourth-order valence-corrected chi connectivity index (χ4v) is 3.08. The number of rotatable bonds is 4. The summed E-state index contributed by atoms with van der Waals surface area (Å²) in [6, 6.07) is 9.99. The summed E-state index contributed by atoms with van der Waals surface area (Å²) >= 11 is 0. The first kappa shape index (κ1) is 17.4. The first-order chi connectivity index (χ1) is 12.0. The van der Waals surface area contributed by atoms with Crippen LogP contribution in [0.3, 0.4) is 0 Å². The van der Waals surface area contributed by atoms with Crippen LogP contribution in [0, 0.1) is 13.8 Å². The summed E-state index contributed by atoms with van der Waals surface area (Å²) in [5.74, 6) is 0.789. The zero-order chi connectivity index (χ0) is 17.8. The van der Waals surface area contributed by atoms with Gasteiger partial charge in [0.2, 0.25) is 0 Å². The van der Waals surface area contributed by atoms with Crippen LogP contribution in [-0.4, -0.2) is 37.2 Å². The lowest BCUT2D eigenvalue weighted by atomic mass is 10.00. The summed E-state index contributed by atoms with van der Waals surface area (Å²) in [7, 11) is 0. The van der Waals surface area contributed by atoms with Gasteiger partial charge in [-0.15, -0.1) is 0 Å². The topological polar surface area (TPSA) is 54.5 Å². The quantitative estimate of drug-likeness (QED) is 0.930. The molecule has 25 heavy (non-hydrogen) atoms. The number of carbonyl (C=O) groups is 1. The highest BCUT2D eigenvalue weighted by atomic mass is 16.5. The van der Waals surface area contributed by atoms with Crippen molar-refractivity contribution in [3.8, 4) is 0 Å². The monoisotopic (exact) mass is 339 g/mol. The van der Waals surface area contributed by atoms with Gasteiger partial charge in [0.15, 0.2) is 0 Å². The molecule has 1 amide bonds. The van der Waals surface area contributed by atoms with Gasteiger partial charge in [-0.3, -0.25) is 4.79 Å².